The Bertz CT molecular complexity index is 320. The topological polar surface area (TPSA) is 87.7 Å². The molecule has 21 heavy (non-hydrogen) atoms. The largest absolute Gasteiger partial charge is 0.481 e. The molecule has 0 saturated carbocycles. The summed E-state index contributed by atoms with van der Waals surface area (Å²) in [6.07, 6.45) is 2.29. The highest BCUT2D eigenvalue weighted by Gasteiger charge is 2.23. The molecule has 0 aliphatic carbocycles. The van der Waals surface area contributed by atoms with Gasteiger partial charge in [0.1, 0.15) is 0 Å². The summed E-state index contributed by atoms with van der Waals surface area (Å²) < 4.78 is 5.07. The number of carbonyl (C=O) groups excluding carboxylic acids is 1. The molecule has 0 aliphatic heterocycles. The van der Waals surface area contributed by atoms with Crippen molar-refractivity contribution in [1.82, 2.24) is 10.6 Å². The number of methoxy groups -OCH3 is 1. The van der Waals surface area contributed by atoms with E-state index in [0.717, 1.165) is 12.8 Å². The summed E-state index contributed by atoms with van der Waals surface area (Å²) >= 11 is 0. The standard InChI is InChI=1S/C15H30N2O4/c1-6-7-11(10-21-5)16-14(20)17-12(8-13(18)19)9-15(2,3)4/h11-12H,6-10H2,1-5H3,(H,18,19)(H2,16,17,20). The number of rotatable bonds is 9. The molecule has 2 amide bonds. The van der Waals surface area contributed by atoms with Gasteiger partial charge in [0.05, 0.1) is 19.1 Å². The van der Waals surface area contributed by atoms with Gasteiger partial charge in [-0.15, -0.1) is 0 Å². The molecular weight excluding hydrogens is 272 g/mol. The number of urea groups is 1. The van der Waals surface area contributed by atoms with Crippen LogP contribution in [0.25, 0.3) is 0 Å². The second-order valence-electron chi connectivity index (χ2n) is 6.62. The third-order valence-electron chi connectivity index (χ3n) is 2.96. The summed E-state index contributed by atoms with van der Waals surface area (Å²) in [7, 11) is 1.59. The van der Waals surface area contributed by atoms with Crippen molar-refractivity contribution in [2.75, 3.05) is 13.7 Å². The fourth-order valence-electron chi connectivity index (χ4n) is 2.28. The zero-order valence-corrected chi connectivity index (χ0v) is 13.9. The van der Waals surface area contributed by atoms with Crippen LogP contribution >= 0.6 is 0 Å². The minimum absolute atomic E-state index is 0.0528. The van der Waals surface area contributed by atoms with E-state index in [1.54, 1.807) is 7.11 Å². The molecule has 0 aromatic heterocycles. The lowest BCUT2D eigenvalue weighted by Crippen LogP contribution is -2.49. The van der Waals surface area contributed by atoms with Gasteiger partial charge in [-0.25, -0.2) is 4.79 Å². The Labute approximate surface area is 127 Å². The van der Waals surface area contributed by atoms with Gasteiger partial charge in [-0.05, 0) is 18.3 Å². The smallest absolute Gasteiger partial charge is 0.315 e. The molecule has 6 nitrogen and oxygen atoms in total. The van der Waals surface area contributed by atoms with Crippen molar-refractivity contribution < 1.29 is 19.4 Å². The molecule has 3 N–H and O–H groups in total. The fourth-order valence-corrected chi connectivity index (χ4v) is 2.28. The first-order valence-corrected chi connectivity index (χ1v) is 7.45. The second-order valence-corrected chi connectivity index (χ2v) is 6.62. The van der Waals surface area contributed by atoms with Crippen LogP contribution in [0.15, 0.2) is 0 Å². The molecule has 2 atom stereocenters. The van der Waals surface area contributed by atoms with Gasteiger partial charge >= 0.3 is 12.0 Å². The average Bonchev–Trinajstić information content (AvgIpc) is 2.25. The number of carbonyl (C=O) groups is 2. The maximum Gasteiger partial charge on any atom is 0.315 e. The van der Waals surface area contributed by atoms with Crippen LogP contribution in [0.2, 0.25) is 0 Å². The molecular formula is C15H30N2O4. The van der Waals surface area contributed by atoms with E-state index in [1.165, 1.54) is 0 Å². The van der Waals surface area contributed by atoms with E-state index in [-0.39, 0.29) is 30.0 Å². The molecule has 6 heteroatoms. The summed E-state index contributed by atoms with van der Waals surface area (Å²) in [5.74, 6) is -0.911. The van der Waals surface area contributed by atoms with E-state index in [4.69, 9.17) is 9.84 Å². The van der Waals surface area contributed by atoms with Crippen LogP contribution in [0, 0.1) is 5.41 Å². The second kappa shape index (κ2) is 9.60. The van der Waals surface area contributed by atoms with Gasteiger partial charge < -0.3 is 20.5 Å². The van der Waals surface area contributed by atoms with Gasteiger partial charge in [0.15, 0.2) is 0 Å². The lowest BCUT2D eigenvalue weighted by atomic mass is 9.87. The van der Waals surface area contributed by atoms with Crippen LogP contribution < -0.4 is 10.6 Å². The van der Waals surface area contributed by atoms with Crippen LogP contribution in [-0.4, -0.2) is 42.9 Å². The minimum Gasteiger partial charge on any atom is -0.481 e. The van der Waals surface area contributed by atoms with Crippen molar-refractivity contribution in [1.29, 1.82) is 0 Å². The van der Waals surface area contributed by atoms with E-state index in [1.807, 2.05) is 27.7 Å². The van der Waals surface area contributed by atoms with Crippen LogP contribution in [0.3, 0.4) is 0 Å². The number of carboxylic acid groups (broad SMARTS) is 1. The summed E-state index contributed by atoms with van der Waals surface area (Å²) in [5, 5.41) is 14.6. The molecule has 124 valence electrons. The van der Waals surface area contributed by atoms with Crippen molar-refractivity contribution in [2.24, 2.45) is 5.41 Å². The van der Waals surface area contributed by atoms with Crippen LogP contribution in [0.5, 0.6) is 0 Å². The number of hydrogen-bond donors (Lipinski definition) is 3. The van der Waals surface area contributed by atoms with Gasteiger partial charge in [0.2, 0.25) is 0 Å². The summed E-state index contributed by atoms with van der Waals surface area (Å²) in [6.45, 7) is 8.55. The Kier molecular flexibility index (Phi) is 9.01. The number of aliphatic carboxylic acids is 1. The van der Waals surface area contributed by atoms with Crippen molar-refractivity contribution in [2.45, 2.75) is 65.5 Å². The third kappa shape index (κ3) is 11.1. The predicted molar refractivity (Wildman–Crippen MR) is 82.4 cm³/mol. The quantitative estimate of drug-likeness (QED) is 0.610. The van der Waals surface area contributed by atoms with E-state index in [2.05, 4.69) is 10.6 Å². The van der Waals surface area contributed by atoms with Gasteiger partial charge in [-0.1, -0.05) is 34.1 Å². The van der Waals surface area contributed by atoms with Gasteiger partial charge in [0.25, 0.3) is 0 Å². The zero-order chi connectivity index (χ0) is 16.5. The molecule has 0 rings (SSSR count). The highest BCUT2D eigenvalue weighted by Crippen LogP contribution is 2.22. The van der Waals surface area contributed by atoms with Crippen LogP contribution in [0.1, 0.15) is 53.4 Å². The predicted octanol–water partition coefficient (Wildman–Crippen LogP) is 2.38. The third-order valence-corrected chi connectivity index (χ3v) is 2.96. The van der Waals surface area contributed by atoms with Gasteiger partial charge in [-0.2, -0.15) is 0 Å². The van der Waals surface area contributed by atoms with Crippen molar-refractivity contribution in [3.63, 3.8) is 0 Å². The Balaban J connectivity index is 4.52. The fraction of sp³-hybridized carbons (Fsp3) is 0.867. The molecule has 0 aromatic carbocycles. The number of hydrogen-bond acceptors (Lipinski definition) is 3. The maximum atomic E-state index is 12.0. The summed E-state index contributed by atoms with van der Waals surface area (Å²) in [5.41, 5.74) is -0.0528. The lowest BCUT2D eigenvalue weighted by molar-refractivity contribution is -0.137. The van der Waals surface area contributed by atoms with Crippen LogP contribution in [0.4, 0.5) is 4.79 Å². The molecule has 0 fully saturated rings. The van der Waals surface area contributed by atoms with E-state index >= 15 is 0 Å². The highest BCUT2D eigenvalue weighted by atomic mass is 16.5. The van der Waals surface area contributed by atoms with E-state index in [0.29, 0.717) is 13.0 Å². The van der Waals surface area contributed by atoms with Gasteiger partial charge in [0, 0.05) is 13.2 Å². The summed E-state index contributed by atoms with van der Waals surface area (Å²) in [6, 6.07) is -0.770. The summed E-state index contributed by atoms with van der Waals surface area (Å²) in [4.78, 5) is 22.9. The first-order chi connectivity index (χ1) is 9.67. The minimum atomic E-state index is -0.911. The molecule has 0 saturated heterocycles. The molecule has 0 bridgehead atoms. The van der Waals surface area contributed by atoms with E-state index in [9.17, 15) is 9.59 Å². The number of amides is 2. The Morgan fingerprint density at radius 2 is 1.76 bits per heavy atom. The Morgan fingerprint density at radius 1 is 1.19 bits per heavy atom. The average molecular weight is 302 g/mol. The number of carboxylic acids is 1. The number of ether oxygens (including phenoxy) is 1. The normalized spacial score (nSPS) is 14.3. The first kappa shape index (κ1) is 19.7. The Morgan fingerprint density at radius 3 is 2.19 bits per heavy atom. The van der Waals surface area contributed by atoms with Gasteiger partial charge in [-0.3, -0.25) is 4.79 Å². The van der Waals surface area contributed by atoms with Crippen molar-refractivity contribution in [3.8, 4) is 0 Å². The van der Waals surface area contributed by atoms with Crippen molar-refractivity contribution >= 4 is 12.0 Å². The first-order valence-electron chi connectivity index (χ1n) is 7.45. The number of nitrogens with one attached hydrogen (secondary N) is 2. The molecule has 0 spiro atoms. The molecule has 0 aromatic rings. The molecule has 0 heterocycles. The Hall–Kier alpha value is -1.30. The monoisotopic (exact) mass is 302 g/mol. The van der Waals surface area contributed by atoms with Crippen molar-refractivity contribution in [3.05, 3.63) is 0 Å². The molecule has 0 radical (unpaired) electrons. The maximum absolute atomic E-state index is 12.0. The highest BCUT2D eigenvalue weighted by molar-refractivity contribution is 5.76. The molecule has 0 aliphatic rings. The van der Waals surface area contributed by atoms with Crippen LogP contribution in [-0.2, 0) is 9.53 Å². The van der Waals surface area contributed by atoms with E-state index < -0.39 is 5.97 Å². The molecule has 2 unspecified atom stereocenters. The SMILES string of the molecule is CCCC(COC)NC(=O)NC(CC(=O)O)CC(C)(C)C. The lowest BCUT2D eigenvalue weighted by Gasteiger charge is -2.27. The zero-order valence-electron chi connectivity index (χ0n) is 13.9.